The van der Waals surface area contributed by atoms with Crippen LogP contribution in [-0.4, -0.2) is 45.2 Å². The van der Waals surface area contributed by atoms with Gasteiger partial charge in [-0.1, -0.05) is 6.07 Å². The maximum Gasteiger partial charge on any atom is 0.236 e. The quantitative estimate of drug-likeness (QED) is 0.326. The fourth-order valence-corrected chi connectivity index (χ4v) is 2.52. The molecule has 7 nitrogen and oxygen atoms in total. The molecule has 0 aromatic heterocycles. The normalized spacial score (nSPS) is 10.8. The van der Waals surface area contributed by atoms with Gasteiger partial charge in [0.1, 0.15) is 19.0 Å². The molecule has 0 aliphatic heterocycles. The first kappa shape index (κ1) is 23.2. The summed E-state index contributed by atoms with van der Waals surface area (Å²) in [5, 5.41) is 3.85. The number of ether oxygens (including phenoxy) is 4. The fraction of sp³-hybridized carbons (Fsp3) is 0.391. The molecule has 1 amide bonds. The van der Waals surface area contributed by atoms with Crippen LogP contribution in [0.2, 0.25) is 0 Å². The molecule has 162 valence electrons. The van der Waals surface area contributed by atoms with E-state index in [1.54, 1.807) is 6.21 Å². The lowest BCUT2D eigenvalue weighted by molar-refractivity contribution is -0.118. The number of rotatable bonds is 12. The zero-order chi connectivity index (χ0) is 21.8. The van der Waals surface area contributed by atoms with Crippen molar-refractivity contribution in [2.24, 2.45) is 5.10 Å². The number of benzene rings is 2. The van der Waals surface area contributed by atoms with Crippen LogP contribution in [0.1, 0.15) is 30.5 Å². The van der Waals surface area contributed by atoms with Crippen LogP contribution in [0.4, 0.5) is 0 Å². The minimum Gasteiger partial charge on any atom is -0.491 e. The van der Waals surface area contributed by atoms with Crippen molar-refractivity contribution < 1.29 is 23.7 Å². The Bertz CT molecular complexity index is 851. The van der Waals surface area contributed by atoms with Crippen molar-refractivity contribution in [3.63, 3.8) is 0 Å². The summed E-state index contributed by atoms with van der Waals surface area (Å²) in [4.78, 5) is 10.9. The molecule has 1 N–H and O–H groups in total. The molecule has 7 heteroatoms. The van der Waals surface area contributed by atoms with Gasteiger partial charge in [0.2, 0.25) is 5.91 Å². The van der Waals surface area contributed by atoms with E-state index in [0.717, 1.165) is 11.3 Å². The van der Waals surface area contributed by atoms with Gasteiger partial charge in [-0.3, -0.25) is 4.79 Å². The van der Waals surface area contributed by atoms with Crippen molar-refractivity contribution in [1.29, 1.82) is 0 Å². The van der Waals surface area contributed by atoms with E-state index in [9.17, 15) is 4.79 Å². The second kappa shape index (κ2) is 12.5. The monoisotopic (exact) mass is 414 g/mol. The zero-order valence-electron chi connectivity index (χ0n) is 18.1. The van der Waals surface area contributed by atoms with E-state index in [-0.39, 0.29) is 5.91 Å². The molecule has 2 aromatic rings. The van der Waals surface area contributed by atoms with Crippen LogP contribution < -0.4 is 19.6 Å². The number of amides is 1. The first-order valence-corrected chi connectivity index (χ1v) is 9.96. The molecule has 0 bridgehead atoms. The van der Waals surface area contributed by atoms with Crippen LogP contribution in [0.25, 0.3) is 0 Å². The van der Waals surface area contributed by atoms with Crippen LogP contribution in [0, 0.1) is 13.8 Å². The third-order valence-electron chi connectivity index (χ3n) is 4.16. The first-order valence-electron chi connectivity index (χ1n) is 9.96. The van der Waals surface area contributed by atoms with Gasteiger partial charge in [0.25, 0.3) is 0 Å². The Hall–Kier alpha value is -3.06. The van der Waals surface area contributed by atoms with Crippen LogP contribution >= 0.6 is 0 Å². The summed E-state index contributed by atoms with van der Waals surface area (Å²) in [6, 6.07) is 11.5. The van der Waals surface area contributed by atoms with E-state index < -0.39 is 0 Å². The molecule has 0 saturated carbocycles. The molecule has 30 heavy (non-hydrogen) atoms. The summed E-state index contributed by atoms with van der Waals surface area (Å²) in [6.45, 7) is 9.74. The second-order valence-electron chi connectivity index (χ2n) is 6.62. The van der Waals surface area contributed by atoms with Crippen LogP contribution in [-0.2, 0) is 9.53 Å². The fourth-order valence-electron chi connectivity index (χ4n) is 2.52. The standard InChI is InChI=1S/C23H30N2O5/c1-5-28-23-15-20(16-24-25-19(4)26)7-9-22(23)30-13-11-27-10-12-29-21-8-6-17(2)18(3)14-21/h6-9,14-16H,5,10-13H2,1-4H3,(H,25,26)/b24-16+. The zero-order valence-corrected chi connectivity index (χ0v) is 18.1. The van der Waals surface area contributed by atoms with Gasteiger partial charge >= 0.3 is 0 Å². The Labute approximate surface area is 178 Å². The Balaban J connectivity index is 1.73. The molecule has 0 heterocycles. The van der Waals surface area contributed by atoms with Gasteiger partial charge in [-0.2, -0.15) is 5.10 Å². The third-order valence-corrected chi connectivity index (χ3v) is 4.16. The van der Waals surface area contributed by atoms with Crippen molar-refractivity contribution >= 4 is 12.1 Å². The molecule has 0 aliphatic carbocycles. The molecule has 0 radical (unpaired) electrons. The first-order chi connectivity index (χ1) is 14.5. The molecule has 0 fully saturated rings. The minimum absolute atomic E-state index is 0.226. The van der Waals surface area contributed by atoms with E-state index in [2.05, 4.69) is 24.4 Å². The summed E-state index contributed by atoms with van der Waals surface area (Å²) in [6.07, 6.45) is 1.55. The average molecular weight is 415 g/mol. The van der Waals surface area contributed by atoms with Crippen molar-refractivity contribution in [1.82, 2.24) is 5.43 Å². The number of hydrogen-bond acceptors (Lipinski definition) is 6. The summed E-state index contributed by atoms with van der Waals surface area (Å²) in [5.41, 5.74) is 5.61. The van der Waals surface area contributed by atoms with E-state index in [1.807, 2.05) is 43.3 Å². The highest BCUT2D eigenvalue weighted by Gasteiger charge is 2.06. The van der Waals surface area contributed by atoms with Gasteiger partial charge in [-0.15, -0.1) is 0 Å². The topological polar surface area (TPSA) is 78.4 Å². The Morgan fingerprint density at radius 3 is 2.40 bits per heavy atom. The predicted octanol–water partition coefficient (Wildman–Crippen LogP) is 3.65. The number of hydrazone groups is 1. The second-order valence-corrected chi connectivity index (χ2v) is 6.62. The van der Waals surface area contributed by atoms with Gasteiger partial charge in [-0.25, -0.2) is 5.43 Å². The number of carbonyl (C=O) groups is 1. The summed E-state index contributed by atoms with van der Waals surface area (Å²) < 4.78 is 22.7. The predicted molar refractivity (Wildman–Crippen MR) is 117 cm³/mol. The SMILES string of the molecule is CCOc1cc(/C=N/NC(C)=O)ccc1OCCOCCOc1ccc(C)c(C)c1. The molecule has 0 saturated heterocycles. The largest absolute Gasteiger partial charge is 0.491 e. The van der Waals surface area contributed by atoms with Gasteiger partial charge in [0.05, 0.1) is 26.0 Å². The number of aryl methyl sites for hydroxylation is 2. The summed E-state index contributed by atoms with van der Waals surface area (Å²) in [5.74, 6) is 1.86. The maximum absolute atomic E-state index is 10.9. The maximum atomic E-state index is 10.9. The highest BCUT2D eigenvalue weighted by Crippen LogP contribution is 2.28. The molecule has 2 rings (SSSR count). The van der Waals surface area contributed by atoms with Gasteiger partial charge in [-0.05, 0) is 67.8 Å². The molecule has 0 aliphatic rings. The summed E-state index contributed by atoms with van der Waals surface area (Å²) >= 11 is 0. The Morgan fingerprint density at radius 1 is 0.933 bits per heavy atom. The smallest absolute Gasteiger partial charge is 0.236 e. The van der Waals surface area contributed by atoms with Crippen molar-refractivity contribution in [3.05, 3.63) is 53.1 Å². The Morgan fingerprint density at radius 2 is 1.70 bits per heavy atom. The lowest BCUT2D eigenvalue weighted by atomic mass is 10.1. The van der Waals surface area contributed by atoms with Crippen LogP contribution in [0.15, 0.2) is 41.5 Å². The van der Waals surface area contributed by atoms with E-state index in [4.69, 9.17) is 18.9 Å². The number of carbonyl (C=O) groups excluding carboxylic acids is 1. The molecule has 0 unspecified atom stereocenters. The molecule has 0 atom stereocenters. The minimum atomic E-state index is -0.226. The van der Waals surface area contributed by atoms with E-state index in [0.29, 0.717) is 44.5 Å². The van der Waals surface area contributed by atoms with Gasteiger partial charge in [0.15, 0.2) is 11.5 Å². The highest BCUT2D eigenvalue weighted by atomic mass is 16.6. The van der Waals surface area contributed by atoms with Crippen LogP contribution in [0.3, 0.4) is 0 Å². The van der Waals surface area contributed by atoms with E-state index in [1.165, 1.54) is 18.1 Å². The molecular formula is C23H30N2O5. The summed E-state index contributed by atoms with van der Waals surface area (Å²) in [7, 11) is 0. The van der Waals surface area contributed by atoms with Crippen molar-refractivity contribution in [3.8, 4) is 17.2 Å². The average Bonchev–Trinajstić information content (AvgIpc) is 2.71. The molecule has 0 spiro atoms. The highest BCUT2D eigenvalue weighted by molar-refractivity contribution is 5.82. The van der Waals surface area contributed by atoms with Crippen LogP contribution in [0.5, 0.6) is 17.2 Å². The van der Waals surface area contributed by atoms with Gasteiger partial charge in [0, 0.05) is 6.92 Å². The molecular weight excluding hydrogens is 384 g/mol. The van der Waals surface area contributed by atoms with Gasteiger partial charge < -0.3 is 18.9 Å². The Kier molecular flexibility index (Phi) is 9.67. The lowest BCUT2D eigenvalue weighted by Gasteiger charge is -2.13. The lowest BCUT2D eigenvalue weighted by Crippen LogP contribution is -2.13. The van der Waals surface area contributed by atoms with Crippen molar-refractivity contribution in [2.45, 2.75) is 27.7 Å². The number of nitrogens with one attached hydrogen (secondary N) is 1. The number of nitrogens with zero attached hydrogens (tertiary/aromatic N) is 1. The number of hydrogen-bond donors (Lipinski definition) is 1. The van der Waals surface area contributed by atoms with Crippen molar-refractivity contribution in [2.75, 3.05) is 33.0 Å². The van der Waals surface area contributed by atoms with E-state index >= 15 is 0 Å². The molecule has 2 aromatic carbocycles. The third kappa shape index (κ3) is 8.13.